The summed E-state index contributed by atoms with van der Waals surface area (Å²) in [6, 6.07) is 12.8. The molecule has 0 amide bonds. The van der Waals surface area contributed by atoms with Crippen LogP contribution in [0, 0.1) is 10.5 Å². The number of hydrogen-bond acceptors (Lipinski definition) is 2. The van der Waals surface area contributed by atoms with Crippen molar-refractivity contribution < 1.29 is 22.7 Å². The van der Waals surface area contributed by atoms with Crippen molar-refractivity contribution >= 4 is 34.3 Å². The molecule has 2 aromatic carbocycles. The van der Waals surface area contributed by atoms with Gasteiger partial charge in [0, 0.05) is 9.13 Å². The summed E-state index contributed by atoms with van der Waals surface area (Å²) >= 11 is 1.93. The Hall–Kier alpha value is -1.83. The van der Waals surface area contributed by atoms with Gasteiger partial charge in [-0.3, -0.25) is 0 Å². The number of aryl methyl sites for hydroxylation is 1. The average Bonchev–Trinajstić information content (AvgIpc) is 2.46. The molecule has 0 atom stereocenters. The second-order valence-electron chi connectivity index (χ2n) is 4.79. The smallest absolute Gasteiger partial charge is 0.413 e. The number of ether oxygens (including phenoxy) is 1. The fraction of sp³-hybridized carbons (Fsp3) is 0.118. The Morgan fingerprint density at radius 2 is 1.70 bits per heavy atom. The predicted octanol–water partition coefficient (Wildman–Crippen LogP) is 5.36. The van der Waals surface area contributed by atoms with Crippen LogP contribution in [0.2, 0.25) is 0 Å². The molecule has 0 bridgehead atoms. The number of benzene rings is 2. The van der Waals surface area contributed by atoms with Gasteiger partial charge in [0.2, 0.25) is 0 Å². The van der Waals surface area contributed by atoms with Crippen molar-refractivity contribution in [2.45, 2.75) is 13.1 Å². The summed E-state index contributed by atoms with van der Waals surface area (Å²) in [5, 5.41) is 0. The maximum atomic E-state index is 12.7. The maximum absolute atomic E-state index is 12.7. The second kappa shape index (κ2) is 7.16. The molecular formula is C17H12F3IO2. The van der Waals surface area contributed by atoms with Gasteiger partial charge in [0.25, 0.3) is 0 Å². The van der Waals surface area contributed by atoms with E-state index in [2.05, 4.69) is 0 Å². The van der Waals surface area contributed by atoms with E-state index in [9.17, 15) is 18.0 Å². The van der Waals surface area contributed by atoms with Crippen LogP contribution in [0.5, 0.6) is 0 Å². The van der Waals surface area contributed by atoms with E-state index < -0.39 is 17.9 Å². The molecule has 0 N–H and O–H groups in total. The van der Waals surface area contributed by atoms with Gasteiger partial charge in [0.1, 0.15) is 5.76 Å². The average molecular weight is 432 g/mol. The summed E-state index contributed by atoms with van der Waals surface area (Å²) in [5.74, 6) is -1.35. The van der Waals surface area contributed by atoms with Crippen LogP contribution in [0.15, 0.2) is 54.6 Å². The molecule has 0 aliphatic heterocycles. The normalized spacial score (nSPS) is 12.1. The van der Waals surface area contributed by atoms with E-state index in [1.807, 2.05) is 29.5 Å². The van der Waals surface area contributed by atoms with Crippen molar-refractivity contribution in [2.75, 3.05) is 0 Å². The van der Waals surface area contributed by atoms with Crippen LogP contribution in [0.25, 0.3) is 5.76 Å². The minimum Gasteiger partial charge on any atom is -0.422 e. The number of alkyl halides is 3. The van der Waals surface area contributed by atoms with E-state index in [0.29, 0.717) is 3.57 Å². The predicted molar refractivity (Wildman–Crippen MR) is 89.8 cm³/mol. The SMILES string of the molecule is Cc1ccc(/C(=C\C(F)(F)F)OC(=O)c2ccccc2I)cc1. The van der Waals surface area contributed by atoms with Gasteiger partial charge in [-0.05, 0) is 41.6 Å². The minimum atomic E-state index is -4.59. The van der Waals surface area contributed by atoms with Crippen LogP contribution in [0.3, 0.4) is 0 Å². The molecule has 0 saturated carbocycles. The molecule has 6 heteroatoms. The van der Waals surface area contributed by atoms with E-state index in [1.54, 1.807) is 30.3 Å². The topological polar surface area (TPSA) is 26.3 Å². The number of carbonyl (C=O) groups excluding carboxylic acids is 1. The summed E-state index contributed by atoms with van der Waals surface area (Å²) in [4.78, 5) is 12.2. The Morgan fingerprint density at radius 1 is 1.09 bits per heavy atom. The van der Waals surface area contributed by atoms with Crippen LogP contribution < -0.4 is 0 Å². The molecule has 0 radical (unpaired) electrons. The first-order valence-electron chi connectivity index (χ1n) is 6.59. The lowest BCUT2D eigenvalue weighted by atomic mass is 10.1. The number of esters is 1. The highest BCUT2D eigenvalue weighted by Crippen LogP contribution is 2.27. The molecular weight excluding hydrogens is 420 g/mol. The Kier molecular flexibility index (Phi) is 5.46. The Bertz CT molecular complexity index is 734. The zero-order valence-electron chi connectivity index (χ0n) is 12.0. The highest BCUT2D eigenvalue weighted by Gasteiger charge is 2.27. The number of carbonyl (C=O) groups is 1. The Labute approximate surface area is 145 Å². The number of allylic oxidation sites excluding steroid dienone is 1. The number of rotatable bonds is 3. The molecule has 0 heterocycles. The van der Waals surface area contributed by atoms with Crippen molar-refractivity contribution in [3.63, 3.8) is 0 Å². The molecule has 0 aromatic heterocycles. The number of hydrogen-bond donors (Lipinski definition) is 0. The summed E-state index contributed by atoms with van der Waals surface area (Å²) in [6.45, 7) is 1.81. The van der Waals surface area contributed by atoms with Crippen molar-refractivity contribution in [3.8, 4) is 0 Å². The van der Waals surface area contributed by atoms with E-state index in [4.69, 9.17) is 4.74 Å². The van der Waals surface area contributed by atoms with Gasteiger partial charge in [-0.15, -0.1) is 0 Å². The van der Waals surface area contributed by atoms with Gasteiger partial charge < -0.3 is 4.74 Å². The summed E-state index contributed by atoms with van der Waals surface area (Å²) < 4.78 is 43.8. The van der Waals surface area contributed by atoms with Gasteiger partial charge in [0.15, 0.2) is 0 Å². The molecule has 0 unspecified atom stereocenters. The quantitative estimate of drug-likeness (QED) is 0.371. The van der Waals surface area contributed by atoms with Gasteiger partial charge in [0.05, 0.1) is 11.6 Å². The summed E-state index contributed by atoms with van der Waals surface area (Å²) in [5.41, 5.74) is 1.30. The first-order valence-corrected chi connectivity index (χ1v) is 7.67. The van der Waals surface area contributed by atoms with Crippen LogP contribution in [-0.2, 0) is 4.74 Å². The second-order valence-corrected chi connectivity index (χ2v) is 5.95. The van der Waals surface area contributed by atoms with Crippen molar-refractivity contribution in [3.05, 3.63) is 74.9 Å². The van der Waals surface area contributed by atoms with Crippen LogP contribution in [0.1, 0.15) is 21.5 Å². The lowest BCUT2D eigenvalue weighted by Crippen LogP contribution is -2.10. The van der Waals surface area contributed by atoms with Crippen molar-refractivity contribution in [1.82, 2.24) is 0 Å². The molecule has 2 nitrogen and oxygen atoms in total. The third kappa shape index (κ3) is 5.09. The fourth-order valence-corrected chi connectivity index (χ4v) is 2.43. The van der Waals surface area contributed by atoms with E-state index >= 15 is 0 Å². The first kappa shape index (κ1) is 17.5. The number of halogens is 4. The van der Waals surface area contributed by atoms with Gasteiger partial charge in [-0.25, -0.2) is 4.79 Å². The van der Waals surface area contributed by atoms with Gasteiger partial charge in [-0.2, -0.15) is 13.2 Å². The zero-order valence-corrected chi connectivity index (χ0v) is 14.2. The van der Waals surface area contributed by atoms with Crippen LogP contribution in [0.4, 0.5) is 13.2 Å². The third-order valence-corrected chi connectivity index (χ3v) is 3.87. The fourth-order valence-electron chi connectivity index (χ4n) is 1.82. The van der Waals surface area contributed by atoms with Crippen molar-refractivity contribution in [2.24, 2.45) is 0 Å². The monoisotopic (exact) mass is 432 g/mol. The lowest BCUT2D eigenvalue weighted by molar-refractivity contribution is -0.0802. The first-order chi connectivity index (χ1) is 10.8. The largest absolute Gasteiger partial charge is 0.422 e. The zero-order chi connectivity index (χ0) is 17.0. The standard InChI is InChI=1S/C17H12F3IO2/c1-11-6-8-12(9-7-11)15(10-17(18,19)20)23-16(22)13-4-2-3-5-14(13)21/h2-10H,1H3/b15-10+. The molecule has 0 saturated heterocycles. The molecule has 120 valence electrons. The Morgan fingerprint density at radius 3 is 2.26 bits per heavy atom. The molecule has 23 heavy (non-hydrogen) atoms. The molecule has 0 aliphatic rings. The third-order valence-electron chi connectivity index (χ3n) is 2.93. The molecule has 0 aliphatic carbocycles. The van der Waals surface area contributed by atoms with E-state index in [-0.39, 0.29) is 17.2 Å². The molecule has 2 rings (SSSR count). The molecule has 2 aromatic rings. The maximum Gasteiger partial charge on any atom is 0.413 e. The minimum absolute atomic E-state index is 0.00856. The summed E-state index contributed by atoms with van der Waals surface area (Å²) in [6.07, 6.45) is -4.60. The van der Waals surface area contributed by atoms with E-state index in [1.165, 1.54) is 18.2 Å². The highest BCUT2D eigenvalue weighted by molar-refractivity contribution is 14.1. The highest BCUT2D eigenvalue weighted by atomic mass is 127. The van der Waals surface area contributed by atoms with Crippen LogP contribution >= 0.6 is 22.6 Å². The van der Waals surface area contributed by atoms with Gasteiger partial charge >= 0.3 is 12.1 Å². The van der Waals surface area contributed by atoms with Gasteiger partial charge in [-0.1, -0.05) is 42.0 Å². The van der Waals surface area contributed by atoms with Crippen molar-refractivity contribution in [1.29, 1.82) is 0 Å². The van der Waals surface area contributed by atoms with E-state index in [0.717, 1.165) is 5.56 Å². The Balaban J connectivity index is 2.36. The summed E-state index contributed by atoms with van der Waals surface area (Å²) in [7, 11) is 0. The van der Waals surface area contributed by atoms with Crippen LogP contribution in [-0.4, -0.2) is 12.1 Å². The molecule has 0 spiro atoms. The molecule has 0 fully saturated rings. The lowest BCUT2D eigenvalue weighted by Gasteiger charge is -2.12.